The SMILES string of the molecule is Cc1cc(C(N)C2CCCC2(C)C)c(Cl)cc1F. The van der Waals surface area contributed by atoms with E-state index in [-0.39, 0.29) is 17.3 Å². The molecule has 1 fully saturated rings. The molecule has 2 rings (SSSR count). The Bertz CT molecular complexity index is 456. The van der Waals surface area contributed by atoms with Gasteiger partial charge in [-0.05, 0) is 48.3 Å². The predicted octanol–water partition coefficient (Wildman–Crippen LogP) is 4.61. The Morgan fingerprint density at radius 2 is 2.11 bits per heavy atom. The highest BCUT2D eigenvalue weighted by Crippen LogP contribution is 2.48. The van der Waals surface area contributed by atoms with Gasteiger partial charge in [-0.25, -0.2) is 4.39 Å². The molecule has 1 nitrogen and oxygen atoms in total. The summed E-state index contributed by atoms with van der Waals surface area (Å²) in [7, 11) is 0. The molecule has 0 bridgehead atoms. The summed E-state index contributed by atoms with van der Waals surface area (Å²) in [5.41, 5.74) is 8.13. The molecule has 18 heavy (non-hydrogen) atoms. The number of halogens is 2. The molecule has 2 atom stereocenters. The van der Waals surface area contributed by atoms with Crippen LogP contribution in [0.2, 0.25) is 5.02 Å². The van der Waals surface area contributed by atoms with E-state index in [1.165, 1.54) is 18.9 Å². The van der Waals surface area contributed by atoms with Crippen molar-refractivity contribution in [3.63, 3.8) is 0 Å². The van der Waals surface area contributed by atoms with Crippen molar-refractivity contribution in [3.8, 4) is 0 Å². The molecule has 0 aromatic heterocycles. The lowest BCUT2D eigenvalue weighted by Gasteiger charge is -2.32. The molecule has 1 saturated carbocycles. The Labute approximate surface area is 114 Å². The first-order chi connectivity index (χ1) is 8.33. The molecule has 0 radical (unpaired) electrons. The molecular weight excluding hydrogens is 249 g/mol. The zero-order valence-corrected chi connectivity index (χ0v) is 12.0. The highest BCUT2D eigenvalue weighted by atomic mass is 35.5. The van der Waals surface area contributed by atoms with Crippen LogP contribution in [0.15, 0.2) is 12.1 Å². The van der Waals surface area contributed by atoms with Crippen molar-refractivity contribution < 1.29 is 4.39 Å². The van der Waals surface area contributed by atoms with E-state index >= 15 is 0 Å². The molecule has 2 unspecified atom stereocenters. The number of nitrogens with two attached hydrogens (primary N) is 1. The second-order valence-corrected chi connectivity index (χ2v) is 6.54. The van der Waals surface area contributed by atoms with E-state index in [1.807, 2.05) is 0 Å². The lowest BCUT2D eigenvalue weighted by atomic mass is 9.75. The van der Waals surface area contributed by atoms with Gasteiger partial charge in [0.1, 0.15) is 5.82 Å². The fraction of sp³-hybridized carbons (Fsp3) is 0.600. The Morgan fingerprint density at radius 1 is 1.44 bits per heavy atom. The second-order valence-electron chi connectivity index (χ2n) is 6.14. The highest BCUT2D eigenvalue weighted by Gasteiger charge is 2.39. The molecule has 0 heterocycles. The molecule has 0 aliphatic heterocycles. The third kappa shape index (κ3) is 2.41. The summed E-state index contributed by atoms with van der Waals surface area (Å²) in [5, 5.41) is 0.452. The van der Waals surface area contributed by atoms with Crippen LogP contribution >= 0.6 is 11.6 Å². The maximum atomic E-state index is 13.4. The molecule has 1 aliphatic rings. The van der Waals surface area contributed by atoms with Crippen LogP contribution in [0.25, 0.3) is 0 Å². The van der Waals surface area contributed by atoms with Crippen molar-refractivity contribution in [1.82, 2.24) is 0 Å². The number of aryl methyl sites for hydroxylation is 1. The molecule has 0 spiro atoms. The normalized spacial score (nSPS) is 24.2. The first-order valence-corrected chi connectivity index (χ1v) is 6.92. The topological polar surface area (TPSA) is 26.0 Å². The van der Waals surface area contributed by atoms with E-state index in [2.05, 4.69) is 13.8 Å². The Balaban J connectivity index is 2.34. The van der Waals surface area contributed by atoms with Gasteiger partial charge in [0.2, 0.25) is 0 Å². The van der Waals surface area contributed by atoms with Gasteiger partial charge in [0.15, 0.2) is 0 Å². The molecule has 0 amide bonds. The zero-order valence-electron chi connectivity index (χ0n) is 11.3. The van der Waals surface area contributed by atoms with Gasteiger partial charge in [-0.2, -0.15) is 0 Å². The zero-order chi connectivity index (χ0) is 13.5. The maximum Gasteiger partial charge on any atom is 0.127 e. The van der Waals surface area contributed by atoms with Crippen LogP contribution in [-0.4, -0.2) is 0 Å². The van der Waals surface area contributed by atoms with E-state index in [0.717, 1.165) is 12.0 Å². The van der Waals surface area contributed by atoms with E-state index in [1.54, 1.807) is 13.0 Å². The van der Waals surface area contributed by atoms with Crippen LogP contribution in [0.5, 0.6) is 0 Å². The summed E-state index contributed by atoms with van der Waals surface area (Å²) in [5.74, 6) is 0.154. The summed E-state index contributed by atoms with van der Waals surface area (Å²) < 4.78 is 13.4. The van der Waals surface area contributed by atoms with Crippen LogP contribution in [0.1, 0.15) is 50.3 Å². The van der Waals surface area contributed by atoms with Crippen molar-refractivity contribution in [2.45, 2.75) is 46.1 Å². The van der Waals surface area contributed by atoms with Gasteiger partial charge < -0.3 is 5.73 Å². The molecule has 100 valence electrons. The molecule has 3 heteroatoms. The minimum Gasteiger partial charge on any atom is -0.324 e. The van der Waals surface area contributed by atoms with Crippen molar-refractivity contribution >= 4 is 11.6 Å². The van der Waals surface area contributed by atoms with Crippen LogP contribution < -0.4 is 5.73 Å². The Kier molecular flexibility index (Phi) is 3.70. The molecule has 1 aliphatic carbocycles. The quantitative estimate of drug-likeness (QED) is 0.833. The first kappa shape index (κ1) is 13.8. The molecule has 1 aromatic carbocycles. The van der Waals surface area contributed by atoms with Crippen LogP contribution in [0.3, 0.4) is 0 Å². The lowest BCUT2D eigenvalue weighted by molar-refractivity contribution is 0.222. The number of hydrogen-bond acceptors (Lipinski definition) is 1. The van der Waals surface area contributed by atoms with Crippen molar-refractivity contribution in [3.05, 3.63) is 34.1 Å². The van der Waals surface area contributed by atoms with Crippen LogP contribution in [-0.2, 0) is 0 Å². The van der Waals surface area contributed by atoms with E-state index < -0.39 is 0 Å². The minimum absolute atomic E-state index is 0.103. The summed E-state index contributed by atoms with van der Waals surface area (Å²) >= 11 is 6.15. The third-order valence-corrected chi connectivity index (χ3v) is 4.74. The van der Waals surface area contributed by atoms with E-state index in [0.29, 0.717) is 16.5 Å². The number of hydrogen-bond donors (Lipinski definition) is 1. The average Bonchev–Trinajstić information content (AvgIpc) is 2.62. The largest absolute Gasteiger partial charge is 0.324 e. The summed E-state index contributed by atoms with van der Waals surface area (Å²) in [6, 6.07) is 3.08. The molecular formula is C15H21ClFN. The van der Waals surface area contributed by atoms with Gasteiger partial charge in [-0.15, -0.1) is 0 Å². The molecule has 0 saturated heterocycles. The minimum atomic E-state index is -0.262. The van der Waals surface area contributed by atoms with Gasteiger partial charge in [0.25, 0.3) is 0 Å². The first-order valence-electron chi connectivity index (χ1n) is 6.54. The lowest BCUT2D eigenvalue weighted by Crippen LogP contribution is -2.29. The van der Waals surface area contributed by atoms with Gasteiger partial charge in [0, 0.05) is 11.1 Å². The smallest absolute Gasteiger partial charge is 0.127 e. The predicted molar refractivity (Wildman–Crippen MR) is 74.2 cm³/mol. The average molecular weight is 270 g/mol. The summed E-state index contributed by atoms with van der Waals surface area (Å²) in [6.45, 7) is 6.27. The van der Waals surface area contributed by atoms with Gasteiger partial charge in [-0.3, -0.25) is 0 Å². The van der Waals surface area contributed by atoms with E-state index in [9.17, 15) is 4.39 Å². The second kappa shape index (κ2) is 4.82. The number of rotatable bonds is 2. The monoisotopic (exact) mass is 269 g/mol. The fourth-order valence-corrected chi connectivity index (χ4v) is 3.45. The van der Waals surface area contributed by atoms with Crippen molar-refractivity contribution in [2.75, 3.05) is 0 Å². The van der Waals surface area contributed by atoms with Gasteiger partial charge in [0.05, 0.1) is 0 Å². The van der Waals surface area contributed by atoms with Gasteiger partial charge in [-0.1, -0.05) is 37.9 Å². The highest BCUT2D eigenvalue weighted by molar-refractivity contribution is 6.31. The van der Waals surface area contributed by atoms with Crippen molar-refractivity contribution in [1.29, 1.82) is 0 Å². The standard InChI is InChI=1S/C15H21ClFN/c1-9-7-10(12(16)8-13(9)17)14(18)11-5-4-6-15(11,2)3/h7-8,11,14H,4-6,18H2,1-3H3. The van der Waals surface area contributed by atoms with Crippen molar-refractivity contribution in [2.24, 2.45) is 17.1 Å². The summed E-state index contributed by atoms with van der Waals surface area (Å²) in [4.78, 5) is 0. The fourth-order valence-electron chi connectivity index (χ4n) is 3.17. The summed E-state index contributed by atoms with van der Waals surface area (Å²) in [6.07, 6.45) is 3.53. The van der Waals surface area contributed by atoms with E-state index in [4.69, 9.17) is 17.3 Å². The van der Waals surface area contributed by atoms with Gasteiger partial charge >= 0.3 is 0 Å². The molecule has 2 N–H and O–H groups in total. The third-order valence-electron chi connectivity index (χ3n) is 4.41. The Hall–Kier alpha value is -0.600. The van der Waals surface area contributed by atoms with Crippen LogP contribution in [0.4, 0.5) is 4.39 Å². The maximum absolute atomic E-state index is 13.4. The number of benzene rings is 1. The Morgan fingerprint density at radius 3 is 2.67 bits per heavy atom. The molecule has 1 aromatic rings. The van der Waals surface area contributed by atoms with Crippen LogP contribution in [0, 0.1) is 24.1 Å².